The van der Waals surface area contributed by atoms with Gasteiger partial charge in [0.15, 0.2) is 0 Å². The van der Waals surface area contributed by atoms with Crippen molar-refractivity contribution in [3.63, 3.8) is 0 Å². The summed E-state index contributed by atoms with van der Waals surface area (Å²) in [5.74, 6) is 0.403. The van der Waals surface area contributed by atoms with E-state index in [4.69, 9.17) is 4.74 Å². The molecular weight excluding hydrogens is 406 g/mol. The summed E-state index contributed by atoms with van der Waals surface area (Å²) in [4.78, 5) is 23.8. The van der Waals surface area contributed by atoms with Crippen LogP contribution < -0.4 is 15.4 Å². The molecule has 3 aromatic rings. The average molecular weight is 427 g/mol. The minimum absolute atomic E-state index is 0.0687. The Morgan fingerprint density at radius 1 is 0.938 bits per heavy atom. The minimum Gasteiger partial charge on any atom is -0.465 e. The van der Waals surface area contributed by atoms with Crippen LogP contribution >= 0.6 is 0 Å². The molecule has 0 saturated heterocycles. The fourth-order valence-corrected chi connectivity index (χ4v) is 2.73. The van der Waals surface area contributed by atoms with Crippen LogP contribution in [-0.4, -0.2) is 19.0 Å². The molecule has 0 heterocycles. The number of carbonyl (C=O) groups is 2. The smallest absolute Gasteiger partial charge is 0.337 e. The zero-order valence-corrected chi connectivity index (χ0v) is 17.4. The highest BCUT2D eigenvalue weighted by molar-refractivity contribution is 6.06. The van der Waals surface area contributed by atoms with Gasteiger partial charge in [-0.1, -0.05) is 30.3 Å². The maximum Gasteiger partial charge on any atom is 0.337 e. The second-order valence-corrected chi connectivity index (χ2v) is 6.63. The summed E-state index contributed by atoms with van der Waals surface area (Å²) < 4.78 is 10.4. The van der Waals surface area contributed by atoms with Crippen molar-refractivity contribution < 1.29 is 19.1 Å². The number of esters is 1. The monoisotopic (exact) mass is 427 g/mol. The number of rotatable bonds is 8. The summed E-state index contributed by atoms with van der Waals surface area (Å²) in [6.45, 7) is 0.380. The van der Waals surface area contributed by atoms with E-state index >= 15 is 0 Å². The number of hydrogen-bond acceptors (Lipinski definition) is 6. The predicted molar refractivity (Wildman–Crippen MR) is 120 cm³/mol. The second kappa shape index (κ2) is 11.0. The molecule has 0 aliphatic heterocycles. The number of nitrogens with one attached hydrogen (secondary N) is 2. The van der Waals surface area contributed by atoms with E-state index in [1.165, 1.54) is 13.3 Å². The molecule has 0 aromatic heterocycles. The van der Waals surface area contributed by atoms with Crippen molar-refractivity contribution in [1.82, 2.24) is 5.32 Å². The van der Waals surface area contributed by atoms with Crippen LogP contribution in [0.1, 0.15) is 15.9 Å². The third-order valence-electron chi connectivity index (χ3n) is 4.38. The van der Waals surface area contributed by atoms with Gasteiger partial charge in [-0.05, 0) is 54.1 Å². The lowest BCUT2D eigenvalue weighted by Gasteiger charge is -2.08. The van der Waals surface area contributed by atoms with Gasteiger partial charge in [0.05, 0.1) is 12.7 Å². The Morgan fingerprint density at radius 2 is 1.59 bits per heavy atom. The fourth-order valence-electron chi connectivity index (χ4n) is 2.73. The van der Waals surface area contributed by atoms with Crippen LogP contribution in [0.15, 0.2) is 90.6 Å². The maximum atomic E-state index is 12.4. The van der Waals surface area contributed by atoms with Crippen LogP contribution in [-0.2, 0) is 16.1 Å². The second-order valence-electron chi connectivity index (χ2n) is 6.63. The van der Waals surface area contributed by atoms with Crippen molar-refractivity contribution in [3.8, 4) is 17.6 Å². The van der Waals surface area contributed by atoms with E-state index in [1.54, 1.807) is 48.5 Å². The van der Waals surface area contributed by atoms with Crippen LogP contribution in [0.4, 0.5) is 5.69 Å². The Bertz CT molecular complexity index is 1130. The molecule has 3 aromatic carbocycles. The summed E-state index contributed by atoms with van der Waals surface area (Å²) >= 11 is 0. The zero-order chi connectivity index (χ0) is 22.8. The molecule has 0 fully saturated rings. The average Bonchev–Trinajstić information content (AvgIpc) is 2.83. The van der Waals surface area contributed by atoms with Crippen LogP contribution in [0.25, 0.3) is 0 Å². The topological polar surface area (TPSA) is 100 Å². The van der Waals surface area contributed by atoms with E-state index in [0.29, 0.717) is 29.3 Å². The van der Waals surface area contributed by atoms with Crippen molar-refractivity contribution in [2.24, 2.45) is 0 Å². The van der Waals surface area contributed by atoms with Gasteiger partial charge >= 0.3 is 5.97 Å². The molecule has 32 heavy (non-hydrogen) atoms. The molecule has 0 atom stereocenters. The summed E-state index contributed by atoms with van der Waals surface area (Å²) in [5, 5.41) is 14.9. The molecule has 0 aliphatic carbocycles. The van der Waals surface area contributed by atoms with E-state index in [9.17, 15) is 14.9 Å². The molecule has 0 unspecified atom stereocenters. The van der Waals surface area contributed by atoms with Gasteiger partial charge in [-0.15, -0.1) is 0 Å². The lowest BCUT2D eigenvalue weighted by Crippen LogP contribution is -2.16. The largest absolute Gasteiger partial charge is 0.465 e. The van der Waals surface area contributed by atoms with E-state index in [1.807, 2.05) is 36.4 Å². The fraction of sp³-hybridized carbons (Fsp3) is 0.0800. The first kappa shape index (κ1) is 22.1. The van der Waals surface area contributed by atoms with Gasteiger partial charge in [0.2, 0.25) is 0 Å². The minimum atomic E-state index is -0.530. The Labute approximate surface area is 185 Å². The first-order chi connectivity index (χ1) is 15.6. The number of benzene rings is 3. The van der Waals surface area contributed by atoms with Gasteiger partial charge in [-0.3, -0.25) is 4.79 Å². The molecule has 0 spiro atoms. The highest BCUT2D eigenvalue weighted by Crippen LogP contribution is 2.22. The van der Waals surface area contributed by atoms with Crippen molar-refractivity contribution in [3.05, 3.63) is 102 Å². The summed E-state index contributed by atoms with van der Waals surface area (Å²) in [6, 6.07) is 24.9. The van der Waals surface area contributed by atoms with Gasteiger partial charge in [-0.25, -0.2) is 4.79 Å². The lowest BCUT2D eigenvalue weighted by atomic mass is 10.1. The molecule has 3 rings (SSSR count). The molecule has 0 aliphatic rings. The number of para-hydroxylation sites is 1. The molecule has 0 saturated carbocycles. The number of amides is 1. The Hall–Kier alpha value is -4.57. The Kier molecular flexibility index (Phi) is 7.60. The number of nitriles is 1. The van der Waals surface area contributed by atoms with Crippen LogP contribution in [0.3, 0.4) is 0 Å². The van der Waals surface area contributed by atoms with E-state index in [-0.39, 0.29) is 5.57 Å². The summed E-state index contributed by atoms with van der Waals surface area (Å²) in [6.07, 6.45) is 1.36. The van der Waals surface area contributed by atoms with E-state index in [0.717, 1.165) is 5.56 Å². The summed E-state index contributed by atoms with van der Waals surface area (Å²) in [5.41, 5.74) is 1.79. The number of carbonyl (C=O) groups excluding carboxylic acids is 2. The molecule has 160 valence electrons. The van der Waals surface area contributed by atoms with Gasteiger partial charge in [0.1, 0.15) is 23.1 Å². The van der Waals surface area contributed by atoms with E-state index < -0.39 is 11.9 Å². The molecular formula is C25H21N3O4. The normalized spacial score (nSPS) is 10.6. The number of methoxy groups -OCH3 is 1. The highest BCUT2D eigenvalue weighted by Gasteiger charge is 2.10. The number of hydrogen-bond donors (Lipinski definition) is 2. The van der Waals surface area contributed by atoms with Crippen molar-refractivity contribution in [2.45, 2.75) is 6.54 Å². The zero-order valence-electron chi connectivity index (χ0n) is 17.4. The quantitative estimate of drug-likeness (QED) is 0.314. The number of anilines is 1. The molecule has 0 radical (unpaired) electrons. The van der Waals surface area contributed by atoms with Gasteiger partial charge in [0.25, 0.3) is 5.91 Å². The number of nitrogens with zero attached hydrogens (tertiary/aromatic N) is 1. The third-order valence-corrected chi connectivity index (χ3v) is 4.38. The number of ether oxygens (including phenoxy) is 2. The standard InChI is InChI=1S/C25H21N3O4/c1-31-25(30)19-9-7-18(8-10-19)16-27-17-20(15-26)24(29)28-21-11-13-23(14-12-21)32-22-5-3-2-4-6-22/h2-14,17,27H,16H2,1H3,(H,28,29)/b20-17-. The highest BCUT2D eigenvalue weighted by atomic mass is 16.5. The predicted octanol–water partition coefficient (Wildman–Crippen LogP) is 4.40. The summed E-state index contributed by atoms with van der Waals surface area (Å²) in [7, 11) is 1.32. The Balaban J connectivity index is 1.54. The van der Waals surface area contributed by atoms with Crippen molar-refractivity contribution in [2.75, 3.05) is 12.4 Å². The van der Waals surface area contributed by atoms with Crippen molar-refractivity contribution in [1.29, 1.82) is 5.26 Å². The van der Waals surface area contributed by atoms with Crippen LogP contribution in [0, 0.1) is 11.3 Å². The SMILES string of the molecule is COC(=O)c1ccc(CN/C=C(/C#N)C(=O)Nc2ccc(Oc3ccccc3)cc2)cc1. The molecule has 2 N–H and O–H groups in total. The Morgan fingerprint density at radius 3 is 2.22 bits per heavy atom. The molecule has 7 heteroatoms. The third kappa shape index (κ3) is 6.21. The van der Waals surface area contributed by atoms with Crippen molar-refractivity contribution >= 4 is 17.6 Å². The molecule has 0 bridgehead atoms. The molecule has 1 amide bonds. The first-order valence-corrected chi connectivity index (χ1v) is 9.74. The van der Waals surface area contributed by atoms with Gasteiger partial charge < -0.3 is 20.1 Å². The molecule has 7 nitrogen and oxygen atoms in total. The lowest BCUT2D eigenvalue weighted by molar-refractivity contribution is -0.112. The van der Waals surface area contributed by atoms with Crippen LogP contribution in [0.2, 0.25) is 0 Å². The van der Waals surface area contributed by atoms with Gasteiger partial charge in [0, 0.05) is 18.4 Å². The first-order valence-electron chi connectivity index (χ1n) is 9.74. The van der Waals surface area contributed by atoms with Crippen LogP contribution in [0.5, 0.6) is 11.5 Å². The maximum absolute atomic E-state index is 12.4. The van der Waals surface area contributed by atoms with E-state index in [2.05, 4.69) is 15.4 Å². The van der Waals surface area contributed by atoms with Gasteiger partial charge in [-0.2, -0.15) is 5.26 Å².